The third-order valence-electron chi connectivity index (χ3n) is 5.34. The Bertz CT molecular complexity index is 1150. The number of nitrogens with zero attached hydrogens (tertiary/aromatic N) is 2. The summed E-state index contributed by atoms with van der Waals surface area (Å²) in [5, 5.41) is 11.4. The van der Waals surface area contributed by atoms with Gasteiger partial charge in [-0.05, 0) is 61.9 Å². The van der Waals surface area contributed by atoms with Crippen LogP contribution in [0, 0.1) is 5.92 Å². The fourth-order valence-corrected chi connectivity index (χ4v) is 5.42. The average molecular weight is 477 g/mol. The number of fused-ring (bicyclic) bond motifs is 1. The number of halogens is 2. The topological polar surface area (TPSA) is 76.0 Å². The van der Waals surface area contributed by atoms with Crippen molar-refractivity contribution in [2.75, 3.05) is 10.6 Å². The van der Waals surface area contributed by atoms with E-state index >= 15 is 0 Å². The van der Waals surface area contributed by atoms with E-state index < -0.39 is 0 Å². The van der Waals surface area contributed by atoms with Gasteiger partial charge in [0.05, 0.1) is 16.3 Å². The Morgan fingerprint density at radius 3 is 2.77 bits per heavy atom. The molecule has 2 amide bonds. The molecule has 6 nitrogen and oxygen atoms in total. The van der Waals surface area contributed by atoms with Crippen molar-refractivity contribution in [2.45, 2.75) is 39.7 Å². The third-order valence-corrected chi connectivity index (χ3v) is 7.07. The maximum atomic E-state index is 13.3. The lowest BCUT2D eigenvalue weighted by atomic mass is 9.88. The average Bonchev–Trinajstić information content (AvgIpc) is 3.34. The van der Waals surface area contributed by atoms with Gasteiger partial charge in [-0.15, -0.1) is 11.3 Å². The highest BCUT2D eigenvalue weighted by Crippen LogP contribution is 2.40. The predicted octanol–water partition coefficient (Wildman–Crippen LogP) is 5.90. The fourth-order valence-electron chi connectivity index (χ4n) is 3.68. The molecule has 9 heteroatoms. The second-order valence-electron chi connectivity index (χ2n) is 7.64. The quantitative estimate of drug-likeness (QED) is 0.480. The number of anilines is 2. The molecular formula is C22H22Cl2N4O2S. The predicted molar refractivity (Wildman–Crippen MR) is 126 cm³/mol. The lowest BCUT2D eigenvalue weighted by molar-refractivity contribution is 0.102. The van der Waals surface area contributed by atoms with E-state index in [2.05, 4.69) is 22.7 Å². The molecule has 1 atom stereocenters. The largest absolute Gasteiger partial charge is 0.320 e. The zero-order chi connectivity index (χ0) is 22.1. The normalized spacial score (nSPS) is 15.4. The van der Waals surface area contributed by atoms with Crippen LogP contribution >= 0.6 is 34.5 Å². The molecule has 1 aliphatic carbocycles. The number of thiophene rings is 1. The molecule has 1 aliphatic rings. The van der Waals surface area contributed by atoms with Crippen molar-refractivity contribution in [1.82, 2.24) is 9.78 Å². The number of carbonyl (C=O) groups excluding carboxylic acids is 2. The molecule has 2 N–H and O–H groups in total. The van der Waals surface area contributed by atoms with Crippen molar-refractivity contribution >= 4 is 57.0 Å². The van der Waals surface area contributed by atoms with E-state index in [1.807, 2.05) is 6.92 Å². The van der Waals surface area contributed by atoms with Gasteiger partial charge in [0.15, 0.2) is 5.69 Å². The molecule has 0 unspecified atom stereocenters. The molecule has 2 heterocycles. The highest BCUT2D eigenvalue weighted by atomic mass is 35.5. The van der Waals surface area contributed by atoms with Gasteiger partial charge in [0.1, 0.15) is 5.00 Å². The maximum absolute atomic E-state index is 13.3. The minimum atomic E-state index is -0.339. The second kappa shape index (κ2) is 9.02. The summed E-state index contributed by atoms with van der Waals surface area (Å²) >= 11 is 13.8. The van der Waals surface area contributed by atoms with E-state index in [1.54, 1.807) is 35.1 Å². The molecule has 0 bridgehead atoms. The minimum absolute atomic E-state index is 0.311. The number of aryl methyl sites for hydroxylation is 1. The summed E-state index contributed by atoms with van der Waals surface area (Å²) in [7, 11) is 0. The number of amides is 2. The molecule has 4 rings (SSSR count). The number of carbonyl (C=O) groups is 2. The Morgan fingerprint density at radius 2 is 2.03 bits per heavy atom. The number of benzene rings is 1. The highest BCUT2D eigenvalue weighted by molar-refractivity contribution is 7.17. The number of aromatic nitrogens is 2. The molecule has 0 fully saturated rings. The monoisotopic (exact) mass is 476 g/mol. The molecule has 1 aromatic carbocycles. The minimum Gasteiger partial charge on any atom is -0.320 e. The van der Waals surface area contributed by atoms with Crippen LogP contribution in [0.2, 0.25) is 10.0 Å². The van der Waals surface area contributed by atoms with Gasteiger partial charge in [-0.2, -0.15) is 5.10 Å². The van der Waals surface area contributed by atoms with Crippen LogP contribution in [0.4, 0.5) is 10.7 Å². The number of hydrogen-bond donors (Lipinski definition) is 2. The molecule has 162 valence electrons. The SMILES string of the molecule is CCn1ccc(C(=O)Nc2sc3c(c2C(=O)Nc2cc(Cl)ccc2Cl)CC[C@@H](C)C3)n1. The van der Waals surface area contributed by atoms with Gasteiger partial charge in [-0.3, -0.25) is 14.3 Å². The Kier molecular flexibility index (Phi) is 6.36. The van der Waals surface area contributed by atoms with Crippen LogP contribution in [0.15, 0.2) is 30.5 Å². The first-order valence-corrected chi connectivity index (χ1v) is 11.7. The molecule has 2 aromatic heterocycles. The summed E-state index contributed by atoms with van der Waals surface area (Å²) in [6.07, 6.45) is 4.43. The van der Waals surface area contributed by atoms with Crippen LogP contribution in [0.1, 0.15) is 51.6 Å². The van der Waals surface area contributed by atoms with Crippen molar-refractivity contribution < 1.29 is 9.59 Å². The van der Waals surface area contributed by atoms with E-state index in [9.17, 15) is 9.59 Å². The standard InChI is InChI=1S/C22H22Cl2N4O2S/c1-3-28-9-8-16(27-28)20(29)26-22-19(14-6-4-12(2)10-18(14)31-22)21(30)25-17-11-13(23)5-7-15(17)24/h5,7-9,11-12H,3-4,6,10H2,1-2H3,(H,25,30)(H,26,29)/t12-/m1/s1. The van der Waals surface area contributed by atoms with Crippen LogP contribution in [0.3, 0.4) is 0 Å². The summed E-state index contributed by atoms with van der Waals surface area (Å²) in [5.41, 5.74) is 2.23. The van der Waals surface area contributed by atoms with Crippen molar-refractivity contribution in [1.29, 1.82) is 0 Å². The van der Waals surface area contributed by atoms with Gasteiger partial charge < -0.3 is 10.6 Å². The summed E-state index contributed by atoms with van der Waals surface area (Å²) in [4.78, 5) is 27.2. The van der Waals surface area contributed by atoms with Crippen LogP contribution in [0.5, 0.6) is 0 Å². The van der Waals surface area contributed by atoms with Gasteiger partial charge >= 0.3 is 0 Å². The first-order valence-electron chi connectivity index (χ1n) is 10.1. The highest BCUT2D eigenvalue weighted by Gasteiger charge is 2.29. The van der Waals surface area contributed by atoms with Crippen LogP contribution in [0.25, 0.3) is 0 Å². The summed E-state index contributed by atoms with van der Waals surface area (Å²) in [6, 6.07) is 6.57. The molecular weight excluding hydrogens is 455 g/mol. The van der Waals surface area contributed by atoms with Crippen molar-refractivity contribution in [3.05, 3.63) is 62.2 Å². The first kappa shape index (κ1) is 21.9. The molecule has 0 spiro atoms. The van der Waals surface area contributed by atoms with Crippen molar-refractivity contribution in [3.8, 4) is 0 Å². The lowest BCUT2D eigenvalue weighted by Gasteiger charge is -2.19. The van der Waals surface area contributed by atoms with Gasteiger partial charge in [0, 0.05) is 22.6 Å². The van der Waals surface area contributed by atoms with Crippen molar-refractivity contribution in [3.63, 3.8) is 0 Å². The first-order chi connectivity index (χ1) is 14.9. The molecule has 0 aliphatic heterocycles. The summed E-state index contributed by atoms with van der Waals surface area (Å²) < 4.78 is 1.69. The smallest absolute Gasteiger partial charge is 0.276 e. The van der Waals surface area contributed by atoms with E-state index in [4.69, 9.17) is 23.2 Å². The maximum Gasteiger partial charge on any atom is 0.276 e. The Hall–Kier alpha value is -2.35. The van der Waals surface area contributed by atoms with Crippen LogP contribution < -0.4 is 10.6 Å². The summed E-state index contributed by atoms with van der Waals surface area (Å²) in [6.45, 7) is 4.82. The number of hydrogen-bond acceptors (Lipinski definition) is 4. The molecule has 0 radical (unpaired) electrons. The Morgan fingerprint density at radius 1 is 1.23 bits per heavy atom. The van der Waals surface area contributed by atoms with Gasteiger partial charge in [-0.1, -0.05) is 30.1 Å². The number of rotatable bonds is 5. The van der Waals surface area contributed by atoms with Gasteiger partial charge in [-0.25, -0.2) is 0 Å². The van der Waals surface area contributed by atoms with Crippen LogP contribution in [-0.2, 0) is 19.4 Å². The van der Waals surface area contributed by atoms with E-state index in [-0.39, 0.29) is 11.8 Å². The number of nitrogens with one attached hydrogen (secondary N) is 2. The second-order valence-corrected chi connectivity index (χ2v) is 9.59. The molecule has 0 saturated carbocycles. The lowest BCUT2D eigenvalue weighted by Crippen LogP contribution is -2.20. The van der Waals surface area contributed by atoms with Gasteiger partial charge in [0.2, 0.25) is 0 Å². The van der Waals surface area contributed by atoms with Crippen molar-refractivity contribution in [2.24, 2.45) is 5.92 Å². The Balaban J connectivity index is 1.67. The van der Waals surface area contributed by atoms with E-state index in [1.165, 1.54) is 11.3 Å². The third kappa shape index (κ3) is 4.63. The zero-order valence-electron chi connectivity index (χ0n) is 17.2. The fraction of sp³-hybridized carbons (Fsp3) is 0.318. The van der Waals surface area contributed by atoms with Gasteiger partial charge in [0.25, 0.3) is 11.8 Å². The summed E-state index contributed by atoms with van der Waals surface area (Å²) in [5.74, 6) is -0.118. The molecule has 31 heavy (non-hydrogen) atoms. The van der Waals surface area contributed by atoms with E-state index in [0.717, 1.165) is 29.7 Å². The van der Waals surface area contributed by atoms with E-state index in [0.29, 0.717) is 44.5 Å². The zero-order valence-corrected chi connectivity index (χ0v) is 19.5. The Labute approximate surface area is 194 Å². The molecule has 0 saturated heterocycles. The molecule has 3 aromatic rings. The van der Waals surface area contributed by atoms with Crippen LogP contribution in [-0.4, -0.2) is 21.6 Å².